The molecule has 0 aliphatic rings. The second-order valence-corrected chi connectivity index (χ2v) is 5.79. The van der Waals surface area contributed by atoms with Gasteiger partial charge in [0.2, 0.25) is 0 Å². The van der Waals surface area contributed by atoms with Crippen molar-refractivity contribution in [2.45, 2.75) is 39.7 Å². The second kappa shape index (κ2) is 6.73. The van der Waals surface area contributed by atoms with Crippen LogP contribution in [0.3, 0.4) is 0 Å². The van der Waals surface area contributed by atoms with Crippen molar-refractivity contribution < 1.29 is 4.92 Å². The lowest BCUT2D eigenvalue weighted by Crippen LogP contribution is -2.15. The molecule has 0 spiro atoms. The number of nitro benzene ring substituents is 1. The highest BCUT2D eigenvalue weighted by atomic mass is 79.9. The molecule has 0 fully saturated rings. The molecule has 0 aliphatic carbocycles. The molecule has 0 saturated carbocycles. The molecule has 1 aromatic rings. The van der Waals surface area contributed by atoms with Crippen LogP contribution in [-0.4, -0.2) is 11.0 Å². The van der Waals surface area contributed by atoms with Crippen LogP contribution in [0.1, 0.15) is 33.6 Å². The zero-order valence-electron chi connectivity index (χ0n) is 10.9. The molecule has 0 amide bonds. The van der Waals surface area contributed by atoms with Gasteiger partial charge in [-0.05, 0) is 53.7 Å². The first kappa shape index (κ1) is 15.0. The first-order chi connectivity index (χ1) is 8.40. The molecule has 0 saturated heterocycles. The Morgan fingerprint density at radius 1 is 1.33 bits per heavy atom. The van der Waals surface area contributed by atoms with E-state index in [1.807, 2.05) is 0 Å². The van der Waals surface area contributed by atoms with E-state index in [0.717, 1.165) is 12.1 Å². The summed E-state index contributed by atoms with van der Waals surface area (Å²) < 4.78 is 0.508. The third-order valence-corrected chi connectivity index (χ3v) is 3.37. The van der Waals surface area contributed by atoms with E-state index >= 15 is 0 Å². The quantitative estimate of drug-likeness (QED) is 0.617. The molecule has 0 heterocycles. The summed E-state index contributed by atoms with van der Waals surface area (Å²) >= 11 is 3.22. The number of anilines is 1. The van der Waals surface area contributed by atoms with E-state index in [9.17, 15) is 10.1 Å². The minimum Gasteiger partial charge on any atom is -0.383 e. The van der Waals surface area contributed by atoms with Gasteiger partial charge < -0.3 is 5.32 Å². The molecule has 4 nitrogen and oxygen atoms in total. The highest BCUT2D eigenvalue weighted by Gasteiger charge is 2.12. The molecule has 1 unspecified atom stereocenters. The maximum Gasteiger partial charge on any atom is 0.283 e. The van der Waals surface area contributed by atoms with E-state index in [1.165, 1.54) is 12.5 Å². The third kappa shape index (κ3) is 4.64. The first-order valence-corrected chi connectivity index (χ1v) is 6.90. The van der Waals surface area contributed by atoms with Gasteiger partial charge in [-0.3, -0.25) is 10.1 Å². The summed E-state index contributed by atoms with van der Waals surface area (Å²) in [5.41, 5.74) is 0.999. The molecule has 5 heteroatoms. The van der Waals surface area contributed by atoms with Crippen molar-refractivity contribution in [2.75, 3.05) is 5.32 Å². The predicted molar refractivity (Wildman–Crippen MR) is 78.0 cm³/mol. The lowest BCUT2D eigenvalue weighted by Gasteiger charge is -2.16. The Morgan fingerprint density at radius 2 is 2.00 bits per heavy atom. The molecule has 18 heavy (non-hydrogen) atoms. The number of hydrogen-bond donors (Lipinski definition) is 1. The maximum absolute atomic E-state index is 10.7. The molecule has 1 N–H and O–H groups in total. The van der Waals surface area contributed by atoms with Crippen LogP contribution in [0.25, 0.3) is 0 Å². The average molecular weight is 315 g/mol. The Labute approximate surface area is 116 Å². The molecule has 0 radical (unpaired) electrons. The van der Waals surface area contributed by atoms with Crippen LogP contribution < -0.4 is 5.32 Å². The minimum atomic E-state index is -0.393. The van der Waals surface area contributed by atoms with Crippen LogP contribution in [0.2, 0.25) is 0 Å². The van der Waals surface area contributed by atoms with Crippen molar-refractivity contribution >= 4 is 27.3 Å². The predicted octanol–water partition coefficient (Wildman–Crippen LogP) is 4.59. The molecule has 0 aromatic heterocycles. The molecule has 1 aromatic carbocycles. The lowest BCUT2D eigenvalue weighted by molar-refractivity contribution is -0.385. The van der Waals surface area contributed by atoms with Crippen molar-refractivity contribution in [1.29, 1.82) is 0 Å². The van der Waals surface area contributed by atoms with Gasteiger partial charge in [-0.2, -0.15) is 0 Å². The second-order valence-electron chi connectivity index (χ2n) is 4.94. The normalized spacial score (nSPS) is 12.5. The van der Waals surface area contributed by atoms with Crippen molar-refractivity contribution in [1.82, 2.24) is 0 Å². The molecular weight excluding hydrogens is 296 g/mol. The number of halogens is 1. The summed E-state index contributed by atoms with van der Waals surface area (Å²) in [5, 5.41) is 14.0. The number of nitrogens with one attached hydrogen (secondary N) is 1. The standard InChI is InChI=1S/C13H19BrN2O2/c1-9(2)4-5-10(3)15-11-6-7-13(16(17)18)12(14)8-11/h6-10,15H,4-5H2,1-3H3. The van der Waals surface area contributed by atoms with E-state index in [4.69, 9.17) is 0 Å². The maximum atomic E-state index is 10.7. The summed E-state index contributed by atoms with van der Waals surface area (Å²) in [7, 11) is 0. The Hall–Kier alpha value is -1.10. The summed E-state index contributed by atoms with van der Waals surface area (Å²) in [5.74, 6) is 0.692. The van der Waals surface area contributed by atoms with Gasteiger partial charge in [-0.15, -0.1) is 0 Å². The Balaban J connectivity index is 2.63. The molecule has 1 rings (SSSR count). The highest BCUT2D eigenvalue weighted by molar-refractivity contribution is 9.10. The third-order valence-electron chi connectivity index (χ3n) is 2.73. The lowest BCUT2D eigenvalue weighted by atomic mass is 10.0. The fraction of sp³-hybridized carbons (Fsp3) is 0.538. The van der Waals surface area contributed by atoms with Gasteiger partial charge in [-0.1, -0.05) is 13.8 Å². The Bertz CT molecular complexity index is 421. The average Bonchev–Trinajstić information content (AvgIpc) is 2.26. The fourth-order valence-corrected chi connectivity index (χ4v) is 2.21. The largest absolute Gasteiger partial charge is 0.383 e. The van der Waals surface area contributed by atoms with Gasteiger partial charge in [0.05, 0.1) is 9.40 Å². The molecule has 1 atom stereocenters. The minimum absolute atomic E-state index is 0.0929. The van der Waals surface area contributed by atoms with Gasteiger partial charge in [0.1, 0.15) is 0 Å². The van der Waals surface area contributed by atoms with Crippen LogP contribution in [0.4, 0.5) is 11.4 Å². The summed E-state index contributed by atoms with van der Waals surface area (Å²) in [6.45, 7) is 6.53. The van der Waals surface area contributed by atoms with Gasteiger partial charge in [-0.25, -0.2) is 0 Å². The first-order valence-electron chi connectivity index (χ1n) is 6.10. The van der Waals surface area contributed by atoms with E-state index in [0.29, 0.717) is 16.4 Å². The van der Waals surface area contributed by atoms with E-state index < -0.39 is 4.92 Å². The van der Waals surface area contributed by atoms with Crippen molar-refractivity contribution in [3.05, 3.63) is 32.8 Å². The fourth-order valence-electron chi connectivity index (χ4n) is 1.68. The Morgan fingerprint density at radius 3 is 2.50 bits per heavy atom. The summed E-state index contributed by atoms with van der Waals surface area (Å²) in [6.07, 6.45) is 2.26. The topological polar surface area (TPSA) is 55.2 Å². The van der Waals surface area contributed by atoms with Crippen LogP contribution in [0.15, 0.2) is 22.7 Å². The van der Waals surface area contributed by atoms with Crippen LogP contribution in [0.5, 0.6) is 0 Å². The number of nitro groups is 1. The number of rotatable bonds is 6. The van der Waals surface area contributed by atoms with Crippen LogP contribution >= 0.6 is 15.9 Å². The van der Waals surface area contributed by atoms with Crippen LogP contribution in [0, 0.1) is 16.0 Å². The van der Waals surface area contributed by atoms with E-state index in [-0.39, 0.29) is 5.69 Å². The van der Waals surface area contributed by atoms with Crippen molar-refractivity contribution in [3.63, 3.8) is 0 Å². The SMILES string of the molecule is CC(C)CCC(C)Nc1ccc([N+](=O)[O-])c(Br)c1. The number of benzene rings is 1. The summed E-state index contributed by atoms with van der Waals surface area (Å²) in [4.78, 5) is 10.3. The number of nitrogens with zero attached hydrogens (tertiary/aromatic N) is 1. The van der Waals surface area contributed by atoms with Gasteiger partial charge in [0.15, 0.2) is 0 Å². The highest BCUT2D eigenvalue weighted by Crippen LogP contribution is 2.28. The molecule has 100 valence electrons. The van der Waals surface area contributed by atoms with Gasteiger partial charge in [0, 0.05) is 17.8 Å². The number of hydrogen-bond acceptors (Lipinski definition) is 3. The molecule has 0 aliphatic heterocycles. The molecular formula is C13H19BrN2O2. The smallest absolute Gasteiger partial charge is 0.283 e. The van der Waals surface area contributed by atoms with Gasteiger partial charge >= 0.3 is 0 Å². The van der Waals surface area contributed by atoms with Crippen molar-refractivity contribution in [3.8, 4) is 0 Å². The monoisotopic (exact) mass is 314 g/mol. The van der Waals surface area contributed by atoms with Gasteiger partial charge in [0.25, 0.3) is 5.69 Å². The van der Waals surface area contributed by atoms with E-state index in [2.05, 4.69) is 42.0 Å². The zero-order chi connectivity index (χ0) is 13.7. The Kier molecular flexibility index (Phi) is 5.59. The zero-order valence-corrected chi connectivity index (χ0v) is 12.5. The summed E-state index contributed by atoms with van der Waals surface area (Å²) in [6, 6.07) is 5.38. The van der Waals surface area contributed by atoms with E-state index in [1.54, 1.807) is 12.1 Å². The van der Waals surface area contributed by atoms with Crippen LogP contribution in [-0.2, 0) is 0 Å². The molecule has 0 bridgehead atoms. The van der Waals surface area contributed by atoms with Crippen molar-refractivity contribution in [2.24, 2.45) is 5.92 Å².